The van der Waals surface area contributed by atoms with E-state index in [-0.39, 0.29) is 49.4 Å². The van der Waals surface area contributed by atoms with Crippen LogP contribution in [0.2, 0.25) is 10.0 Å². The van der Waals surface area contributed by atoms with Gasteiger partial charge >= 0.3 is 6.09 Å². The molecule has 18 nitrogen and oxygen atoms in total. The van der Waals surface area contributed by atoms with Crippen LogP contribution in [-0.4, -0.2) is 90.5 Å². The molecular weight excluding hydrogens is 1200 g/mol. The topological polar surface area (TPSA) is 230 Å². The van der Waals surface area contributed by atoms with Gasteiger partial charge in [-0.1, -0.05) is 47.5 Å². The van der Waals surface area contributed by atoms with E-state index >= 15 is 0 Å². The summed E-state index contributed by atoms with van der Waals surface area (Å²) in [4.78, 5) is 31.8. The first-order valence-electron chi connectivity index (χ1n) is 27.1. The van der Waals surface area contributed by atoms with Crippen molar-refractivity contribution in [3.63, 3.8) is 0 Å². The van der Waals surface area contributed by atoms with E-state index in [1.54, 1.807) is 87.5 Å². The number of sulfone groups is 2. The van der Waals surface area contributed by atoms with Gasteiger partial charge in [-0.25, -0.2) is 50.3 Å². The number of amides is 1. The summed E-state index contributed by atoms with van der Waals surface area (Å²) in [6, 6.07) is 41.5. The zero-order valence-electron chi connectivity index (χ0n) is 47.8. The number of benzene rings is 6. The van der Waals surface area contributed by atoms with E-state index in [1.165, 1.54) is 48.1 Å². The van der Waals surface area contributed by atoms with Crippen LogP contribution in [0.25, 0.3) is 44.5 Å². The first-order chi connectivity index (χ1) is 41.5. The maximum absolute atomic E-state index is 13.5. The number of furan rings is 2. The lowest BCUT2D eigenvalue weighted by Gasteiger charge is -2.26. The molecule has 4 aromatic heterocycles. The SMILES string of the molecule is CC(C)(C)OC(=O)N(CCS(C)(=O)=O)Cc1ccc(-c2ccc3ncnc(Nc4ccc(OCc5cccc(F)c5)c(Cl)c4)c3c2)o1.CS(=O)(=O)CCNCc1ccc(-c2ccc3ncnc(Nc4ccc(OCc5cccc(F)c5)c(Cl)c4)c3c2)o1. The molecule has 0 unspecified atom stereocenters. The summed E-state index contributed by atoms with van der Waals surface area (Å²) in [7, 11) is -6.34. The number of carbonyl (C=O) groups is 1. The fraction of sp³-hybridized carbons (Fsp3) is 0.222. The van der Waals surface area contributed by atoms with Gasteiger partial charge in [0.15, 0.2) is 0 Å². The monoisotopic (exact) mass is 1260 g/mol. The fourth-order valence-corrected chi connectivity index (χ4v) is 10.1. The number of ether oxygens (including phenoxy) is 3. The summed E-state index contributed by atoms with van der Waals surface area (Å²) in [6.07, 6.45) is 4.63. The van der Waals surface area contributed by atoms with Crippen LogP contribution >= 0.6 is 23.2 Å². The number of nitrogens with zero attached hydrogens (tertiary/aromatic N) is 5. The Morgan fingerprint density at radius 2 is 1.09 bits per heavy atom. The van der Waals surface area contributed by atoms with Crippen molar-refractivity contribution in [1.82, 2.24) is 30.2 Å². The highest BCUT2D eigenvalue weighted by Gasteiger charge is 2.25. The molecule has 6 aromatic carbocycles. The van der Waals surface area contributed by atoms with Crippen molar-refractivity contribution >= 4 is 93.8 Å². The lowest BCUT2D eigenvalue weighted by atomic mass is 10.1. The van der Waals surface area contributed by atoms with Gasteiger partial charge in [0.05, 0.1) is 45.7 Å². The highest BCUT2D eigenvalue weighted by molar-refractivity contribution is 7.90. The number of hydrogen-bond donors (Lipinski definition) is 3. The van der Waals surface area contributed by atoms with Crippen molar-refractivity contribution in [2.24, 2.45) is 0 Å². The van der Waals surface area contributed by atoms with Crippen LogP contribution in [0.5, 0.6) is 11.5 Å². The van der Waals surface area contributed by atoms with Gasteiger partial charge in [0.1, 0.15) is 109 Å². The Bertz CT molecular complexity index is 4320. The third-order valence-electron chi connectivity index (χ3n) is 12.8. The van der Waals surface area contributed by atoms with E-state index in [4.69, 9.17) is 46.2 Å². The molecule has 0 aliphatic heterocycles. The summed E-state index contributed by atoms with van der Waals surface area (Å²) in [6.45, 7) is 6.33. The molecule has 3 N–H and O–H groups in total. The van der Waals surface area contributed by atoms with Gasteiger partial charge in [-0.15, -0.1) is 0 Å². The maximum Gasteiger partial charge on any atom is 0.410 e. The first-order valence-corrected chi connectivity index (χ1v) is 31.9. The summed E-state index contributed by atoms with van der Waals surface area (Å²) in [5, 5.41) is 11.9. The molecule has 10 rings (SSSR count). The molecule has 0 fully saturated rings. The second-order valence-electron chi connectivity index (χ2n) is 21.2. The van der Waals surface area contributed by atoms with Crippen LogP contribution in [0, 0.1) is 11.6 Å². The molecule has 0 spiro atoms. The number of nitrogens with one attached hydrogen (secondary N) is 3. The molecular formula is C63H60Cl2F2N8O10S2. The van der Waals surface area contributed by atoms with Gasteiger partial charge in [0.25, 0.3) is 0 Å². The van der Waals surface area contributed by atoms with Crippen molar-refractivity contribution in [3.8, 4) is 34.1 Å². The average Bonchev–Trinajstić information content (AvgIpc) is 2.11. The Balaban J connectivity index is 0.000000210. The van der Waals surface area contributed by atoms with Gasteiger partial charge in [0, 0.05) is 58.9 Å². The van der Waals surface area contributed by atoms with Crippen LogP contribution in [0.4, 0.5) is 36.6 Å². The summed E-state index contributed by atoms with van der Waals surface area (Å²) in [5.41, 5.74) is 5.01. The van der Waals surface area contributed by atoms with Crippen LogP contribution in [0.3, 0.4) is 0 Å². The predicted molar refractivity (Wildman–Crippen MR) is 333 cm³/mol. The third kappa shape index (κ3) is 18.4. The van der Waals surface area contributed by atoms with E-state index in [0.29, 0.717) is 103 Å². The number of halogens is 4. The third-order valence-corrected chi connectivity index (χ3v) is 15.3. The zero-order chi connectivity index (χ0) is 61.9. The number of carbonyl (C=O) groups excluding carboxylic acids is 1. The van der Waals surface area contributed by atoms with Gasteiger partial charge < -0.3 is 39.0 Å². The fourth-order valence-electron chi connectivity index (χ4n) is 8.60. The van der Waals surface area contributed by atoms with Gasteiger partial charge in [-0.05, 0) is 153 Å². The van der Waals surface area contributed by atoms with Crippen LogP contribution in [0.1, 0.15) is 43.4 Å². The van der Waals surface area contributed by atoms with Crippen LogP contribution < -0.4 is 25.4 Å². The molecule has 4 heterocycles. The molecule has 0 atom stereocenters. The smallest absolute Gasteiger partial charge is 0.410 e. The minimum absolute atomic E-state index is 0.0244. The Morgan fingerprint density at radius 1 is 0.598 bits per heavy atom. The molecule has 0 saturated carbocycles. The van der Waals surface area contributed by atoms with Gasteiger partial charge in [0.2, 0.25) is 0 Å². The van der Waals surface area contributed by atoms with E-state index in [9.17, 15) is 30.4 Å². The highest BCUT2D eigenvalue weighted by atomic mass is 35.5. The molecule has 87 heavy (non-hydrogen) atoms. The summed E-state index contributed by atoms with van der Waals surface area (Å²) in [5.74, 6) is 3.60. The number of hydrogen-bond acceptors (Lipinski definition) is 17. The quantitative estimate of drug-likeness (QED) is 0.0536. The molecule has 0 aliphatic carbocycles. The van der Waals surface area contributed by atoms with E-state index in [2.05, 4.69) is 35.9 Å². The average molecular weight is 1260 g/mol. The second kappa shape index (κ2) is 27.8. The van der Waals surface area contributed by atoms with Crippen LogP contribution in [-0.2, 0) is 50.7 Å². The van der Waals surface area contributed by atoms with Crippen LogP contribution in [0.15, 0.2) is 167 Å². The first kappa shape index (κ1) is 62.8. The van der Waals surface area contributed by atoms with Crippen molar-refractivity contribution in [1.29, 1.82) is 0 Å². The molecule has 1 amide bonds. The Hall–Kier alpha value is -8.67. The Labute approximate surface area is 511 Å². The maximum atomic E-state index is 13.5. The minimum Gasteiger partial charge on any atom is -0.487 e. The van der Waals surface area contributed by atoms with Gasteiger partial charge in [-0.3, -0.25) is 4.90 Å². The summed E-state index contributed by atoms with van der Waals surface area (Å²) < 4.78 is 102. The molecule has 0 bridgehead atoms. The molecule has 0 aliphatic rings. The molecule has 10 aromatic rings. The van der Waals surface area contributed by atoms with E-state index in [0.717, 1.165) is 28.3 Å². The Morgan fingerprint density at radius 3 is 1.56 bits per heavy atom. The minimum atomic E-state index is -3.32. The van der Waals surface area contributed by atoms with Crippen molar-refractivity contribution < 1.29 is 53.5 Å². The van der Waals surface area contributed by atoms with Crippen molar-refractivity contribution in [2.75, 3.05) is 47.7 Å². The summed E-state index contributed by atoms with van der Waals surface area (Å²) >= 11 is 13.0. The lowest BCUT2D eigenvalue weighted by Crippen LogP contribution is -2.38. The Kier molecular flexibility index (Phi) is 20.1. The van der Waals surface area contributed by atoms with Crippen molar-refractivity contribution in [2.45, 2.75) is 52.7 Å². The zero-order valence-corrected chi connectivity index (χ0v) is 51.0. The van der Waals surface area contributed by atoms with E-state index in [1.807, 2.05) is 54.6 Å². The highest BCUT2D eigenvalue weighted by Crippen LogP contribution is 2.35. The molecule has 24 heteroatoms. The number of aromatic nitrogens is 4. The van der Waals surface area contributed by atoms with Gasteiger partial charge in [-0.2, -0.15) is 0 Å². The number of rotatable bonds is 22. The lowest BCUT2D eigenvalue weighted by molar-refractivity contribution is 0.0234. The molecule has 0 saturated heterocycles. The molecule has 452 valence electrons. The van der Waals surface area contributed by atoms with Crippen molar-refractivity contribution in [3.05, 3.63) is 203 Å². The standard InChI is InChI=1S/C34H34ClFN4O6S.C29H26ClFN4O4S/c1-34(2,3)46-33(41)40(14-15-47(4,42)43)19-26-10-13-30(45-26)23-8-11-29-27(17-23)32(38-21-37-29)39-25-9-12-31(28(35)18-25)44-20-22-6-5-7-24(36)16-22;1-40(36,37)12-11-32-16-23-7-10-27(39-23)20-5-8-26-24(14-20)29(34-18-33-26)35-22-6-9-28(25(30)15-22)38-17-19-3-2-4-21(31)13-19/h5-13,16-18,21H,14-15,19-20H2,1-4H3,(H,37,38,39);2-10,13-15,18,32H,11-12,16-17H2,1H3,(H,33,34,35). The number of fused-ring (bicyclic) bond motifs is 2. The number of anilines is 4. The van der Waals surface area contributed by atoms with E-state index < -0.39 is 31.4 Å². The normalized spacial score (nSPS) is 11.7. The molecule has 0 radical (unpaired) electrons. The predicted octanol–water partition coefficient (Wildman–Crippen LogP) is 13.9. The second-order valence-corrected chi connectivity index (χ2v) is 26.5. The largest absolute Gasteiger partial charge is 0.487 e.